The van der Waals surface area contributed by atoms with Gasteiger partial charge in [-0.2, -0.15) is 0 Å². The van der Waals surface area contributed by atoms with Crippen LogP contribution in [0.2, 0.25) is 0 Å². The highest BCUT2D eigenvalue weighted by atomic mass is 79.9. The van der Waals surface area contributed by atoms with Crippen LogP contribution in [0.1, 0.15) is 31.9 Å². The van der Waals surface area contributed by atoms with Crippen LogP contribution < -0.4 is 10.6 Å². The molecule has 1 saturated heterocycles. The Kier molecular flexibility index (Phi) is 4.65. The van der Waals surface area contributed by atoms with Gasteiger partial charge in [0.05, 0.1) is 24.9 Å². The van der Waals surface area contributed by atoms with E-state index in [-0.39, 0.29) is 6.04 Å². The summed E-state index contributed by atoms with van der Waals surface area (Å²) in [6.45, 7) is 6.78. The van der Waals surface area contributed by atoms with Crippen LogP contribution in [-0.2, 0) is 4.74 Å². The molecular formula is C14H21BrN2O. The second-order valence-corrected chi connectivity index (χ2v) is 5.68. The van der Waals surface area contributed by atoms with E-state index in [2.05, 4.69) is 46.0 Å². The van der Waals surface area contributed by atoms with Gasteiger partial charge >= 0.3 is 0 Å². The van der Waals surface area contributed by atoms with Gasteiger partial charge < -0.3 is 15.4 Å². The highest BCUT2D eigenvalue weighted by Gasteiger charge is 2.23. The second kappa shape index (κ2) is 6.04. The number of anilines is 1. The van der Waals surface area contributed by atoms with Gasteiger partial charge in [0.1, 0.15) is 0 Å². The fourth-order valence-electron chi connectivity index (χ4n) is 2.35. The molecule has 0 spiro atoms. The standard InChI is InChI=1S/C14H21BrN2O/c1-3-12-9-18-7-6-17(12)14-5-4-11(10(2)16)8-13(14)15/h4-5,8,10,12H,3,6-7,9,16H2,1-2H3. The van der Waals surface area contributed by atoms with Gasteiger partial charge in [-0.3, -0.25) is 0 Å². The number of hydrogen-bond donors (Lipinski definition) is 1. The molecule has 2 rings (SSSR count). The summed E-state index contributed by atoms with van der Waals surface area (Å²) in [5, 5.41) is 0. The summed E-state index contributed by atoms with van der Waals surface area (Å²) < 4.78 is 6.67. The minimum atomic E-state index is 0.0713. The summed E-state index contributed by atoms with van der Waals surface area (Å²) >= 11 is 3.67. The highest BCUT2D eigenvalue weighted by molar-refractivity contribution is 9.10. The van der Waals surface area contributed by atoms with E-state index in [0.717, 1.165) is 36.2 Å². The van der Waals surface area contributed by atoms with E-state index in [0.29, 0.717) is 6.04 Å². The summed E-state index contributed by atoms with van der Waals surface area (Å²) in [6, 6.07) is 6.95. The lowest BCUT2D eigenvalue weighted by Gasteiger charge is -2.37. The van der Waals surface area contributed by atoms with Gasteiger partial charge in [0.15, 0.2) is 0 Å². The molecule has 0 aliphatic carbocycles. The van der Waals surface area contributed by atoms with E-state index in [1.807, 2.05) is 6.92 Å². The third-order valence-corrected chi connectivity index (χ3v) is 4.14. The van der Waals surface area contributed by atoms with E-state index in [1.54, 1.807) is 0 Å². The van der Waals surface area contributed by atoms with Crippen LogP contribution in [0.5, 0.6) is 0 Å². The predicted octanol–water partition coefficient (Wildman–Crippen LogP) is 3.08. The number of nitrogens with two attached hydrogens (primary N) is 1. The largest absolute Gasteiger partial charge is 0.377 e. The summed E-state index contributed by atoms with van der Waals surface area (Å²) in [5.74, 6) is 0. The molecule has 1 heterocycles. The molecule has 18 heavy (non-hydrogen) atoms. The van der Waals surface area contributed by atoms with Crippen molar-refractivity contribution in [3.05, 3.63) is 28.2 Å². The third kappa shape index (κ3) is 2.87. The van der Waals surface area contributed by atoms with Crippen LogP contribution in [0.25, 0.3) is 0 Å². The molecule has 1 aliphatic heterocycles. The van der Waals surface area contributed by atoms with Crippen molar-refractivity contribution in [2.45, 2.75) is 32.4 Å². The Bertz CT molecular complexity index is 409. The van der Waals surface area contributed by atoms with Crippen molar-refractivity contribution in [3.8, 4) is 0 Å². The van der Waals surface area contributed by atoms with Crippen molar-refractivity contribution in [2.24, 2.45) is 5.73 Å². The summed E-state index contributed by atoms with van der Waals surface area (Å²) in [6.07, 6.45) is 1.10. The normalized spacial score (nSPS) is 22.0. The van der Waals surface area contributed by atoms with Crippen molar-refractivity contribution >= 4 is 21.6 Å². The zero-order valence-corrected chi connectivity index (χ0v) is 12.6. The fraction of sp³-hybridized carbons (Fsp3) is 0.571. The highest BCUT2D eigenvalue weighted by Crippen LogP contribution is 2.31. The molecule has 0 bridgehead atoms. The van der Waals surface area contributed by atoms with E-state index in [1.165, 1.54) is 5.69 Å². The van der Waals surface area contributed by atoms with Gasteiger partial charge in [-0.25, -0.2) is 0 Å². The number of nitrogens with zero attached hydrogens (tertiary/aromatic N) is 1. The van der Waals surface area contributed by atoms with Crippen LogP contribution in [-0.4, -0.2) is 25.8 Å². The molecule has 100 valence electrons. The number of hydrogen-bond acceptors (Lipinski definition) is 3. The van der Waals surface area contributed by atoms with Crippen LogP contribution >= 0.6 is 15.9 Å². The van der Waals surface area contributed by atoms with Gasteiger partial charge in [-0.05, 0) is 47.0 Å². The fourth-order valence-corrected chi connectivity index (χ4v) is 2.97. The Morgan fingerprint density at radius 1 is 1.56 bits per heavy atom. The molecular weight excluding hydrogens is 292 g/mol. The Balaban J connectivity index is 2.26. The molecule has 1 aromatic carbocycles. The Labute approximate surface area is 117 Å². The molecule has 1 aromatic rings. The Morgan fingerprint density at radius 2 is 2.33 bits per heavy atom. The van der Waals surface area contributed by atoms with E-state index in [4.69, 9.17) is 10.5 Å². The minimum absolute atomic E-state index is 0.0713. The molecule has 0 amide bonds. The maximum absolute atomic E-state index is 5.91. The van der Waals surface area contributed by atoms with Crippen molar-refractivity contribution < 1.29 is 4.74 Å². The average molecular weight is 313 g/mol. The number of morpholine rings is 1. The van der Waals surface area contributed by atoms with Gasteiger partial charge in [-0.15, -0.1) is 0 Å². The first-order chi connectivity index (χ1) is 8.63. The molecule has 1 fully saturated rings. The molecule has 0 radical (unpaired) electrons. The quantitative estimate of drug-likeness (QED) is 0.932. The number of rotatable bonds is 3. The number of halogens is 1. The second-order valence-electron chi connectivity index (χ2n) is 4.83. The molecule has 0 saturated carbocycles. The molecule has 3 nitrogen and oxygen atoms in total. The maximum atomic E-state index is 5.91. The van der Waals surface area contributed by atoms with E-state index < -0.39 is 0 Å². The van der Waals surface area contributed by atoms with Crippen molar-refractivity contribution in [1.82, 2.24) is 0 Å². The van der Waals surface area contributed by atoms with Crippen LogP contribution in [0.3, 0.4) is 0 Å². The van der Waals surface area contributed by atoms with Crippen molar-refractivity contribution in [1.29, 1.82) is 0 Å². The number of benzene rings is 1. The maximum Gasteiger partial charge on any atom is 0.0670 e. The SMILES string of the molecule is CCC1COCCN1c1ccc(C(C)N)cc1Br. The number of ether oxygens (including phenoxy) is 1. The molecule has 2 N–H and O–H groups in total. The van der Waals surface area contributed by atoms with Gasteiger partial charge in [-0.1, -0.05) is 13.0 Å². The first-order valence-corrected chi connectivity index (χ1v) is 7.32. The smallest absolute Gasteiger partial charge is 0.0670 e. The van der Waals surface area contributed by atoms with Gasteiger partial charge in [0.2, 0.25) is 0 Å². The monoisotopic (exact) mass is 312 g/mol. The van der Waals surface area contributed by atoms with Gasteiger partial charge in [0.25, 0.3) is 0 Å². The van der Waals surface area contributed by atoms with Crippen molar-refractivity contribution in [2.75, 3.05) is 24.7 Å². The lowest BCUT2D eigenvalue weighted by Crippen LogP contribution is -2.45. The van der Waals surface area contributed by atoms with Crippen LogP contribution in [0.4, 0.5) is 5.69 Å². The van der Waals surface area contributed by atoms with Crippen LogP contribution in [0, 0.1) is 0 Å². The lowest BCUT2D eigenvalue weighted by molar-refractivity contribution is 0.0929. The topological polar surface area (TPSA) is 38.5 Å². The zero-order chi connectivity index (χ0) is 13.1. The average Bonchev–Trinajstić information content (AvgIpc) is 2.38. The summed E-state index contributed by atoms with van der Waals surface area (Å²) in [7, 11) is 0. The Hall–Kier alpha value is -0.580. The minimum Gasteiger partial charge on any atom is -0.377 e. The lowest BCUT2D eigenvalue weighted by atomic mass is 10.1. The molecule has 4 heteroatoms. The van der Waals surface area contributed by atoms with Crippen LogP contribution in [0.15, 0.2) is 22.7 Å². The summed E-state index contributed by atoms with van der Waals surface area (Å²) in [4.78, 5) is 2.43. The predicted molar refractivity (Wildman–Crippen MR) is 79.0 cm³/mol. The van der Waals surface area contributed by atoms with E-state index in [9.17, 15) is 0 Å². The Morgan fingerprint density at radius 3 is 2.94 bits per heavy atom. The molecule has 1 aliphatic rings. The van der Waals surface area contributed by atoms with Crippen molar-refractivity contribution in [3.63, 3.8) is 0 Å². The van der Waals surface area contributed by atoms with E-state index >= 15 is 0 Å². The summed E-state index contributed by atoms with van der Waals surface area (Å²) in [5.41, 5.74) is 8.31. The van der Waals surface area contributed by atoms with Gasteiger partial charge in [0, 0.05) is 17.1 Å². The first kappa shape index (κ1) is 13.8. The molecule has 2 unspecified atom stereocenters. The first-order valence-electron chi connectivity index (χ1n) is 6.53. The zero-order valence-electron chi connectivity index (χ0n) is 11.0. The molecule has 2 atom stereocenters. The molecule has 0 aromatic heterocycles. The third-order valence-electron chi connectivity index (χ3n) is 3.51.